The van der Waals surface area contributed by atoms with Crippen LogP contribution in [0.3, 0.4) is 0 Å². The summed E-state index contributed by atoms with van der Waals surface area (Å²) in [4.78, 5) is 38.0. The predicted octanol–water partition coefficient (Wildman–Crippen LogP) is 18.0. The smallest absolute Gasteiger partial charge is 0.306 e. The topological polar surface area (TPSA) is 78.9 Å². The largest absolute Gasteiger partial charge is 0.462 e. The maximum absolute atomic E-state index is 12.8. The van der Waals surface area contributed by atoms with Gasteiger partial charge in [0.2, 0.25) is 0 Å². The van der Waals surface area contributed by atoms with Gasteiger partial charge in [-0.1, -0.05) is 210 Å². The van der Waals surface area contributed by atoms with Crippen LogP contribution in [0, 0.1) is 0 Å². The summed E-state index contributed by atoms with van der Waals surface area (Å²) in [7, 11) is 0. The van der Waals surface area contributed by atoms with Gasteiger partial charge in [-0.15, -0.1) is 0 Å². The van der Waals surface area contributed by atoms with E-state index in [2.05, 4.69) is 81.5 Å². The average Bonchev–Trinajstić information content (AvgIpc) is 3.29. The summed E-state index contributed by atoms with van der Waals surface area (Å²) in [6.45, 7) is 6.56. The molecular weight excluding hydrogens is 793 g/mol. The third-order valence-electron chi connectivity index (χ3n) is 11.7. The van der Waals surface area contributed by atoms with Crippen molar-refractivity contribution in [2.45, 2.75) is 277 Å². The van der Waals surface area contributed by atoms with Crippen LogP contribution in [0.4, 0.5) is 0 Å². The van der Waals surface area contributed by atoms with Gasteiger partial charge < -0.3 is 14.2 Å². The van der Waals surface area contributed by atoms with Crippen LogP contribution >= 0.6 is 0 Å². The molecule has 0 aromatic rings. The molecule has 64 heavy (non-hydrogen) atoms. The molecule has 6 heteroatoms. The van der Waals surface area contributed by atoms with Gasteiger partial charge >= 0.3 is 17.9 Å². The first-order valence-corrected chi connectivity index (χ1v) is 27.3. The molecule has 0 aliphatic carbocycles. The highest BCUT2D eigenvalue weighted by atomic mass is 16.6. The standard InChI is InChI=1S/C58H102O6/c1-4-7-10-13-16-19-22-24-26-28-29-30-32-33-36-39-42-45-48-51-57(60)63-54-55(53-62-56(59)50-47-44-41-38-35-21-18-15-12-9-6-3)64-58(61)52-49-46-43-40-37-34-31-27-25-23-20-17-14-11-8-5-2/h15-16,18-19,24,26-27,29-31,55H,4-14,17,20-23,25,28,32-54H2,1-3H3/b18-15-,19-16-,26-24-,30-29-,31-27-. The second kappa shape index (κ2) is 52.7. The minimum Gasteiger partial charge on any atom is -0.462 e. The van der Waals surface area contributed by atoms with Crippen LogP contribution in [0.25, 0.3) is 0 Å². The molecule has 0 fully saturated rings. The first-order valence-electron chi connectivity index (χ1n) is 27.3. The number of esters is 3. The molecule has 0 aromatic carbocycles. The summed E-state index contributed by atoms with van der Waals surface area (Å²) in [5.74, 6) is -0.910. The van der Waals surface area contributed by atoms with Crippen LogP contribution in [-0.2, 0) is 28.6 Å². The van der Waals surface area contributed by atoms with E-state index in [-0.39, 0.29) is 31.1 Å². The first-order chi connectivity index (χ1) is 31.5. The Kier molecular flexibility index (Phi) is 50.4. The molecule has 6 nitrogen and oxygen atoms in total. The van der Waals surface area contributed by atoms with E-state index in [9.17, 15) is 14.4 Å². The molecule has 0 amide bonds. The second-order valence-corrected chi connectivity index (χ2v) is 18.1. The SMILES string of the molecule is CCCC/C=C\CCCCCCCC(=O)OCC(COC(=O)CCCCCCCC/C=C\C/C=C\C/C=C\CCCCC)OC(=O)CCCCCCC/C=C\CCCCCCCCC. The number of carbonyl (C=O) groups excluding carboxylic acids is 3. The highest BCUT2D eigenvalue weighted by Crippen LogP contribution is 2.14. The monoisotopic (exact) mass is 895 g/mol. The molecule has 0 spiro atoms. The molecule has 0 rings (SSSR count). The lowest BCUT2D eigenvalue weighted by Gasteiger charge is -2.18. The molecule has 0 saturated carbocycles. The van der Waals surface area contributed by atoms with E-state index in [1.54, 1.807) is 0 Å². The van der Waals surface area contributed by atoms with Gasteiger partial charge in [-0.25, -0.2) is 0 Å². The fraction of sp³-hybridized carbons (Fsp3) is 0.776. The van der Waals surface area contributed by atoms with Gasteiger partial charge in [-0.2, -0.15) is 0 Å². The van der Waals surface area contributed by atoms with Crippen LogP contribution < -0.4 is 0 Å². The third kappa shape index (κ3) is 50.1. The zero-order valence-electron chi connectivity index (χ0n) is 42.3. The minimum absolute atomic E-state index is 0.0859. The number of unbranched alkanes of at least 4 members (excludes halogenated alkanes) is 28. The number of ether oxygens (including phenoxy) is 3. The average molecular weight is 895 g/mol. The number of carbonyl (C=O) groups is 3. The molecule has 0 bridgehead atoms. The lowest BCUT2D eigenvalue weighted by Crippen LogP contribution is -2.30. The van der Waals surface area contributed by atoms with E-state index in [0.717, 1.165) is 96.3 Å². The van der Waals surface area contributed by atoms with Crippen molar-refractivity contribution in [3.63, 3.8) is 0 Å². The fourth-order valence-electron chi connectivity index (χ4n) is 7.54. The lowest BCUT2D eigenvalue weighted by molar-refractivity contribution is -0.167. The predicted molar refractivity (Wildman–Crippen MR) is 275 cm³/mol. The molecule has 1 atom stereocenters. The van der Waals surface area contributed by atoms with Crippen LogP contribution in [0.5, 0.6) is 0 Å². The van der Waals surface area contributed by atoms with Crippen LogP contribution in [0.15, 0.2) is 60.8 Å². The maximum Gasteiger partial charge on any atom is 0.306 e. The Hall–Kier alpha value is -2.89. The van der Waals surface area contributed by atoms with Gasteiger partial charge in [0.1, 0.15) is 13.2 Å². The van der Waals surface area contributed by atoms with Crippen molar-refractivity contribution in [2.24, 2.45) is 0 Å². The van der Waals surface area contributed by atoms with Gasteiger partial charge in [0.05, 0.1) is 0 Å². The van der Waals surface area contributed by atoms with Crippen molar-refractivity contribution in [3.8, 4) is 0 Å². The van der Waals surface area contributed by atoms with Crippen molar-refractivity contribution < 1.29 is 28.6 Å². The van der Waals surface area contributed by atoms with Crippen molar-refractivity contribution >= 4 is 17.9 Å². The van der Waals surface area contributed by atoms with E-state index >= 15 is 0 Å². The molecule has 0 saturated heterocycles. The van der Waals surface area contributed by atoms with Crippen molar-refractivity contribution in [2.75, 3.05) is 13.2 Å². The summed E-state index contributed by atoms with van der Waals surface area (Å²) in [5.41, 5.74) is 0. The maximum atomic E-state index is 12.8. The summed E-state index contributed by atoms with van der Waals surface area (Å²) in [6.07, 6.45) is 64.9. The highest BCUT2D eigenvalue weighted by Gasteiger charge is 2.19. The van der Waals surface area contributed by atoms with E-state index in [0.29, 0.717) is 19.3 Å². The van der Waals surface area contributed by atoms with E-state index in [4.69, 9.17) is 14.2 Å². The van der Waals surface area contributed by atoms with Gasteiger partial charge in [0.25, 0.3) is 0 Å². The molecule has 0 aromatic heterocycles. The Bertz CT molecular complexity index is 1170. The Morgan fingerprint density at radius 1 is 0.312 bits per heavy atom. The third-order valence-corrected chi connectivity index (χ3v) is 11.7. The zero-order valence-corrected chi connectivity index (χ0v) is 42.3. The fourth-order valence-corrected chi connectivity index (χ4v) is 7.54. The molecule has 0 heterocycles. The summed E-state index contributed by atoms with van der Waals surface area (Å²) >= 11 is 0. The second-order valence-electron chi connectivity index (χ2n) is 18.1. The normalized spacial score (nSPS) is 12.5. The number of hydrogen-bond donors (Lipinski definition) is 0. The molecule has 0 aliphatic rings. The van der Waals surface area contributed by atoms with Crippen LogP contribution in [0.1, 0.15) is 271 Å². The quantitative estimate of drug-likeness (QED) is 0.0262. The minimum atomic E-state index is -0.786. The van der Waals surface area contributed by atoms with Crippen LogP contribution in [-0.4, -0.2) is 37.2 Å². The van der Waals surface area contributed by atoms with Gasteiger partial charge in [0.15, 0.2) is 6.10 Å². The van der Waals surface area contributed by atoms with Crippen molar-refractivity contribution in [1.82, 2.24) is 0 Å². The molecule has 0 N–H and O–H groups in total. The van der Waals surface area contributed by atoms with Gasteiger partial charge in [-0.05, 0) is 103 Å². The van der Waals surface area contributed by atoms with Crippen molar-refractivity contribution in [1.29, 1.82) is 0 Å². The molecule has 0 aliphatic heterocycles. The molecule has 0 radical (unpaired) electrons. The summed E-state index contributed by atoms with van der Waals surface area (Å²) in [5, 5.41) is 0. The zero-order chi connectivity index (χ0) is 46.5. The van der Waals surface area contributed by atoms with Crippen LogP contribution in [0.2, 0.25) is 0 Å². The van der Waals surface area contributed by atoms with Gasteiger partial charge in [-0.3, -0.25) is 14.4 Å². The first kappa shape index (κ1) is 61.1. The van der Waals surface area contributed by atoms with E-state index in [1.807, 2.05) is 0 Å². The number of rotatable bonds is 49. The van der Waals surface area contributed by atoms with Crippen molar-refractivity contribution in [3.05, 3.63) is 60.8 Å². The molecule has 1 unspecified atom stereocenters. The molecule has 370 valence electrons. The Morgan fingerprint density at radius 3 is 0.969 bits per heavy atom. The van der Waals surface area contributed by atoms with E-state index in [1.165, 1.54) is 135 Å². The number of hydrogen-bond acceptors (Lipinski definition) is 6. The van der Waals surface area contributed by atoms with Gasteiger partial charge in [0, 0.05) is 19.3 Å². The Balaban J connectivity index is 4.38. The van der Waals surface area contributed by atoms with E-state index < -0.39 is 6.10 Å². The summed E-state index contributed by atoms with van der Waals surface area (Å²) in [6, 6.07) is 0. The molecular formula is C58H102O6. The Morgan fingerprint density at radius 2 is 0.578 bits per heavy atom. The number of allylic oxidation sites excluding steroid dienone is 10. The Labute approximate surface area is 396 Å². The summed E-state index contributed by atoms with van der Waals surface area (Å²) < 4.78 is 16.8. The lowest BCUT2D eigenvalue weighted by atomic mass is 10.1. The highest BCUT2D eigenvalue weighted by molar-refractivity contribution is 5.71.